The topological polar surface area (TPSA) is 189 Å². The van der Waals surface area contributed by atoms with Crippen molar-refractivity contribution < 1.29 is 67.9 Å². The van der Waals surface area contributed by atoms with Gasteiger partial charge < -0.3 is 58.3 Å². The number of aliphatic hydroxyl groups is 4. The monoisotopic (exact) mass is 660 g/mol. The third-order valence-electron chi connectivity index (χ3n) is 6.32. The van der Waals surface area contributed by atoms with Crippen LogP contribution in [0.1, 0.15) is 34.1 Å². The van der Waals surface area contributed by atoms with Crippen LogP contribution in [0.2, 0.25) is 19.6 Å². The fourth-order valence-electron chi connectivity index (χ4n) is 4.39. The van der Waals surface area contributed by atoms with Gasteiger partial charge in [-0.15, -0.1) is 12.0 Å². The van der Waals surface area contributed by atoms with Gasteiger partial charge in [0, 0.05) is 6.61 Å². The maximum absolute atomic E-state index is 12.9. The van der Waals surface area contributed by atoms with Crippen LogP contribution in [0.15, 0.2) is 0 Å². The number of rotatable bonds is 14. The molecule has 256 valence electrons. The zero-order valence-corrected chi connectivity index (χ0v) is 27.9. The van der Waals surface area contributed by atoms with Crippen molar-refractivity contribution in [2.45, 2.75) is 127 Å². The number of esters is 2. The first kappa shape index (κ1) is 39.1. The molecule has 45 heavy (non-hydrogen) atoms. The summed E-state index contributed by atoms with van der Waals surface area (Å²) in [6.45, 7) is 12.2. The van der Waals surface area contributed by atoms with Gasteiger partial charge in [-0.1, -0.05) is 31.5 Å². The maximum atomic E-state index is 12.9. The van der Waals surface area contributed by atoms with Gasteiger partial charge in [0.2, 0.25) is 0 Å². The van der Waals surface area contributed by atoms with E-state index in [1.165, 1.54) is 0 Å². The van der Waals surface area contributed by atoms with Crippen LogP contribution in [-0.2, 0) is 47.5 Å². The predicted molar refractivity (Wildman–Crippen MR) is 160 cm³/mol. The van der Waals surface area contributed by atoms with Crippen molar-refractivity contribution in [3.05, 3.63) is 0 Å². The molecule has 0 bridgehead atoms. The van der Waals surface area contributed by atoms with Gasteiger partial charge in [0.05, 0.1) is 18.8 Å². The van der Waals surface area contributed by atoms with Crippen LogP contribution < -0.4 is 0 Å². The van der Waals surface area contributed by atoms with Crippen molar-refractivity contribution in [2.24, 2.45) is 0 Å². The normalized spacial score (nSPS) is 32.0. The quantitative estimate of drug-likeness (QED) is 0.0807. The van der Waals surface area contributed by atoms with E-state index in [4.69, 9.17) is 44.3 Å². The van der Waals surface area contributed by atoms with Gasteiger partial charge >= 0.3 is 11.9 Å². The van der Waals surface area contributed by atoms with Gasteiger partial charge in [-0.05, 0) is 34.1 Å². The summed E-state index contributed by atoms with van der Waals surface area (Å²) in [4.78, 5) is 25.5. The summed E-state index contributed by atoms with van der Waals surface area (Å²) < 4.78 is 44.0. The molecule has 2 saturated heterocycles. The van der Waals surface area contributed by atoms with Crippen molar-refractivity contribution in [2.75, 3.05) is 26.4 Å². The summed E-state index contributed by atoms with van der Waals surface area (Å²) in [5.41, 5.74) is 3.08. The lowest BCUT2D eigenvalue weighted by atomic mass is 9.98. The molecule has 4 N–H and O–H groups in total. The van der Waals surface area contributed by atoms with Crippen molar-refractivity contribution in [3.8, 4) is 23.8 Å². The molecule has 0 radical (unpaired) electrons. The molecule has 0 aromatic rings. The molecule has 2 rings (SSSR count). The van der Waals surface area contributed by atoms with Gasteiger partial charge in [0.15, 0.2) is 38.0 Å². The minimum Gasteiger partial charge on any atom is -0.451 e. The third-order valence-corrected chi connectivity index (χ3v) is 7.24. The Morgan fingerprint density at radius 2 is 1.27 bits per heavy atom. The Hall–Kier alpha value is -2.12. The van der Waals surface area contributed by atoms with Crippen LogP contribution in [0.25, 0.3) is 0 Å². The maximum Gasteiger partial charge on any atom is 0.339 e. The number of ether oxygens (including phenoxy) is 8. The van der Waals surface area contributed by atoms with Gasteiger partial charge in [0.1, 0.15) is 44.7 Å². The molecule has 10 atom stereocenters. The average molecular weight is 661 g/mol. The van der Waals surface area contributed by atoms with E-state index in [0.29, 0.717) is 0 Å². The van der Waals surface area contributed by atoms with E-state index in [0.717, 1.165) is 0 Å². The largest absolute Gasteiger partial charge is 0.451 e. The molecule has 0 aromatic carbocycles. The van der Waals surface area contributed by atoms with Crippen LogP contribution in [0.3, 0.4) is 0 Å². The van der Waals surface area contributed by atoms with Gasteiger partial charge in [-0.25, -0.2) is 9.59 Å². The van der Waals surface area contributed by atoms with Crippen LogP contribution in [-0.4, -0.2) is 140 Å². The summed E-state index contributed by atoms with van der Waals surface area (Å²) in [5.74, 6) is 3.24. The molecule has 15 heteroatoms. The Bertz CT molecular complexity index is 1040. The van der Waals surface area contributed by atoms with Crippen LogP contribution in [0.5, 0.6) is 0 Å². The first-order valence-electron chi connectivity index (χ1n) is 14.9. The first-order valence-corrected chi connectivity index (χ1v) is 18.4. The molecule has 0 aliphatic carbocycles. The zero-order chi connectivity index (χ0) is 33.9. The molecule has 0 amide bonds. The molecule has 14 nitrogen and oxygen atoms in total. The summed E-state index contributed by atoms with van der Waals surface area (Å²) >= 11 is 0. The molecule has 0 saturated carbocycles. The second-order valence-corrected chi connectivity index (χ2v) is 16.9. The number of carbonyl (C=O) groups excluding carboxylic acids is 2. The lowest BCUT2D eigenvalue weighted by Crippen LogP contribution is -2.62. The van der Waals surface area contributed by atoms with Gasteiger partial charge in [0.25, 0.3) is 0 Å². The smallest absolute Gasteiger partial charge is 0.339 e. The highest BCUT2D eigenvalue weighted by molar-refractivity contribution is 6.83. The number of hydrogen-bond donors (Lipinski definition) is 4. The van der Waals surface area contributed by atoms with Crippen molar-refractivity contribution in [1.82, 2.24) is 0 Å². The second-order valence-electron chi connectivity index (χ2n) is 12.2. The number of carbonyl (C=O) groups is 2. The molecule has 2 aliphatic heterocycles. The predicted octanol–water partition coefficient (Wildman–Crippen LogP) is -0.509. The van der Waals surface area contributed by atoms with Crippen LogP contribution in [0.4, 0.5) is 0 Å². The molecule has 2 heterocycles. The van der Waals surface area contributed by atoms with E-state index < -0.39 is 87.5 Å². The summed E-state index contributed by atoms with van der Waals surface area (Å²) in [6.07, 6.45) is -9.91. The summed E-state index contributed by atoms with van der Waals surface area (Å²) in [6, 6.07) is 0. The fourth-order valence-corrected chi connectivity index (χ4v) is 4.99. The molecular formula is C30H48O14Si. The van der Waals surface area contributed by atoms with Crippen LogP contribution in [0, 0.1) is 23.8 Å². The molecule has 2 unspecified atom stereocenters. The highest BCUT2D eigenvalue weighted by atomic mass is 28.3. The molecular weight excluding hydrogens is 612 g/mol. The number of terminal acetylenes is 1. The van der Waals surface area contributed by atoms with Gasteiger partial charge in [-0.3, -0.25) is 0 Å². The highest BCUT2D eigenvalue weighted by Gasteiger charge is 2.51. The number of hydrogen-bond acceptors (Lipinski definition) is 14. The molecule has 0 spiro atoms. The first-order chi connectivity index (χ1) is 21.1. The van der Waals surface area contributed by atoms with E-state index in [2.05, 4.69) is 17.4 Å². The van der Waals surface area contributed by atoms with Crippen molar-refractivity contribution in [1.29, 1.82) is 0 Å². The lowest BCUT2D eigenvalue weighted by Gasteiger charge is -2.42. The Kier molecular flexibility index (Phi) is 15.9. The van der Waals surface area contributed by atoms with E-state index in [-0.39, 0.29) is 39.0 Å². The van der Waals surface area contributed by atoms with E-state index in [9.17, 15) is 30.0 Å². The summed E-state index contributed by atoms with van der Waals surface area (Å²) in [7, 11) is -1.69. The molecule has 0 aromatic heterocycles. The Morgan fingerprint density at radius 1 is 0.756 bits per heavy atom. The average Bonchev–Trinajstić information content (AvgIpc) is 2.95. The third kappa shape index (κ3) is 12.2. The van der Waals surface area contributed by atoms with E-state index in [1.807, 2.05) is 19.6 Å². The zero-order valence-electron chi connectivity index (χ0n) is 26.9. The van der Waals surface area contributed by atoms with E-state index in [1.54, 1.807) is 27.7 Å². The molecule has 2 fully saturated rings. The minimum absolute atomic E-state index is 0.106. The van der Waals surface area contributed by atoms with Gasteiger partial charge in [-0.2, -0.15) is 0 Å². The highest BCUT2D eigenvalue weighted by Crippen LogP contribution is 2.28. The minimum atomic E-state index is -1.69. The fraction of sp³-hybridized carbons (Fsp3) is 0.800. The summed E-state index contributed by atoms with van der Waals surface area (Å²) in [5, 5.41) is 42.7. The molecule has 2 aliphatic rings. The lowest BCUT2D eigenvalue weighted by molar-refractivity contribution is -0.310. The van der Waals surface area contributed by atoms with E-state index >= 15 is 0 Å². The number of aliphatic hydroxyl groups excluding tert-OH is 4. The van der Waals surface area contributed by atoms with Crippen molar-refractivity contribution in [3.63, 3.8) is 0 Å². The van der Waals surface area contributed by atoms with Crippen LogP contribution >= 0.6 is 0 Å². The second kappa shape index (κ2) is 18.3. The Balaban J connectivity index is 2.03. The SMILES string of the molecule is C#CCOC(=O)C1O[C@@H](OCCCO[C@@H]2C(C(=O)OCC#C[Si](C)(C)C)O[C@@H](OC(C)C)[C@@H](O)[C@H]2O)[C@@H](O)[C@@H](O)[C@@H]1OC(C)C. The Labute approximate surface area is 265 Å². The Morgan fingerprint density at radius 3 is 1.84 bits per heavy atom. The van der Waals surface area contributed by atoms with Crippen molar-refractivity contribution >= 4 is 20.0 Å². The standard InChI is InChI=1S/C30H48O14Si/c1-9-12-38-28(36)26-24(41-17(2)3)20(32)21(33)29(43-26)40-14-10-13-37-23-19(31)22(34)30(42-18(4)5)44-25(23)27(35)39-15-11-16-45(6,7)8/h1,17-26,29-34H,10,12-15H2,2-8H3/t19-,20-,21+,22+,23+,24+,25?,26?,29-,30-/m1/s1.